The van der Waals surface area contributed by atoms with Crippen molar-refractivity contribution in [3.05, 3.63) is 65.7 Å². The molecule has 1 aliphatic rings. The van der Waals surface area contributed by atoms with Gasteiger partial charge in [-0.1, -0.05) is 69.3 Å². The molecule has 27 heavy (non-hydrogen) atoms. The molecule has 3 heteroatoms. The molecule has 1 aliphatic heterocycles. The smallest absolute Gasteiger partial charge is 0.241 e. The Morgan fingerprint density at radius 3 is 2.30 bits per heavy atom. The van der Waals surface area contributed by atoms with Gasteiger partial charge in [-0.05, 0) is 47.8 Å². The minimum Gasteiger partial charge on any atom is -0.376 e. The molecule has 2 aromatic rings. The summed E-state index contributed by atoms with van der Waals surface area (Å²) in [7, 11) is 0. The molecule has 0 radical (unpaired) electrons. The van der Waals surface area contributed by atoms with Crippen molar-refractivity contribution in [2.45, 2.75) is 45.4 Å². The second-order valence-electron chi connectivity index (χ2n) is 8.66. The number of carbonyl (C=O) groups is 1. The second kappa shape index (κ2) is 8.60. The summed E-state index contributed by atoms with van der Waals surface area (Å²) in [4.78, 5) is 14.7. The Morgan fingerprint density at radius 1 is 1.00 bits per heavy atom. The highest BCUT2D eigenvalue weighted by molar-refractivity contribution is 5.81. The summed E-state index contributed by atoms with van der Waals surface area (Å²) < 4.78 is 0. The van der Waals surface area contributed by atoms with Crippen molar-refractivity contribution in [1.29, 1.82) is 0 Å². The molecule has 144 valence electrons. The first kappa shape index (κ1) is 19.5. The molecule has 3 nitrogen and oxygen atoms in total. The van der Waals surface area contributed by atoms with Gasteiger partial charge in [-0.25, -0.2) is 0 Å². The van der Waals surface area contributed by atoms with E-state index in [0.717, 1.165) is 38.0 Å². The average molecular weight is 365 g/mol. The Morgan fingerprint density at radius 2 is 1.63 bits per heavy atom. The fourth-order valence-corrected chi connectivity index (χ4v) is 3.91. The van der Waals surface area contributed by atoms with E-state index >= 15 is 0 Å². The summed E-state index contributed by atoms with van der Waals surface area (Å²) in [5.41, 5.74) is 3.78. The number of hydrogen-bond acceptors (Lipinski definition) is 2. The molecule has 0 saturated carbocycles. The molecule has 0 aromatic heterocycles. The molecule has 3 rings (SSSR count). The number of amides is 1. The first-order valence-electron chi connectivity index (χ1n) is 10.1. The lowest BCUT2D eigenvalue weighted by Crippen LogP contribution is -2.41. The van der Waals surface area contributed by atoms with E-state index in [-0.39, 0.29) is 11.3 Å². The topological polar surface area (TPSA) is 32.3 Å². The summed E-state index contributed by atoms with van der Waals surface area (Å²) >= 11 is 0. The Bertz CT molecular complexity index is 740. The van der Waals surface area contributed by atoms with Crippen LogP contribution in [-0.4, -0.2) is 30.4 Å². The number of nitrogens with one attached hydrogen (secondary N) is 1. The fourth-order valence-electron chi connectivity index (χ4n) is 3.91. The van der Waals surface area contributed by atoms with Crippen LogP contribution in [0.4, 0.5) is 5.69 Å². The minimum absolute atomic E-state index is 0.0580. The Hall–Kier alpha value is -2.29. The van der Waals surface area contributed by atoms with Crippen molar-refractivity contribution < 1.29 is 4.79 Å². The molecule has 0 bridgehead atoms. The van der Waals surface area contributed by atoms with Crippen LogP contribution in [-0.2, 0) is 16.6 Å². The van der Waals surface area contributed by atoms with Crippen molar-refractivity contribution in [2.24, 2.45) is 5.92 Å². The SMILES string of the molecule is CC(C)(C)c1ccccc1NCC(=O)N1CCC(Cc2ccccc2)CC1. The van der Waals surface area contributed by atoms with E-state index in [1.165, 1.54) is 11.1 Å². The summed E-state index contributed by atoms with van der Waals surface area (Å²) in [6.07, 6.45) is 3.32. The van der Waals surface area contributed by atoms with E-state index in [1.54, 1.807) is 0 Å². The van der Waals surface area contributed by atoms with Crippen LogP contribution in [0.2, 0.25) is 0 Å². The van der Waals surface area contributed by atoms with Crippen molar-refractivity contribution in [1.82, 2.24) is 4.90 Å². The number of anilines is 1. The molecular formula is C24H32N2O. The van der Waals surface area contributed by atoms with E-state index in [9.17, 15) is 4.79 Å². The van der Waals surface area contributed by atoms with Crippen LogP contribution < -0.4 is 5.32 Å². The van der Waals surface area contributed by atoms with Crippen molar-refractivity contribution in [3.8, 4) is 0 Å². The van der Waals surface area contributed by atoms with Gasteiger partial charge in [-0.3, -0.25) is 4.79 Å². The molecular weight excluding hydrogens is 332 g/mol. The third kappa shape index (κ3) is 5.35. The molecule has 1 saturated heterocycles. The summed E-state index contributed by atoms with van der Waals surface area (Å²) in [5, 5.41) is 3.38. The van der Waals surface area contributed by atoms with Gasteiger partial charge in [0.05, 0.1) is 6.54 Å². The van der Waals surface area contributed by atoms with Crippen LogP contribution in [0.3, 0.4) is 0 Å². The first-order chi connectivity index (χ1) is 12.9. The number of rotatable bonds is 5. The standard InChI is InChI=1S/C24H32N2O/c1-24(2,3)21-11-7-8-12-22(21)25-18-23(27)26-15-13-20(14-16-26)17-19-9-5-4-6-10-19/h4-12,20,25H,13-18H2,1-3H3. The molecule has 0 aliphatic carbocycles. The molecule has 1 amide bonds. The number of piperidine rings is 1. The number of benzene rings is 2. The van der Waals surface area contributed by atoms with E-state index in [4.69, 9.17) is 0 Å². The van der Waals surface area contributed by atoms with Crippen LogP contribution >= 0.6 is 0 Å². The first-order valence-corrected chi connectivity index (χ1v) is 10.1. The van der Waals surface area contributed by atoms with Crippen molar-refractivity contribution >= 4 is 11.6 Å². The lowest BCUT2D eigenvalue weighted by atomic mass is 9.86. The maximum absolute atomic E-state index is 12.7. The fraction of sp³-hybridized carbons (Fsp3) is 0.458. The van der Waals surface area contributed by atoms with E-state index in [1.807, 2.05) is 11.0 Å². The Labute approximate surface area is 163 Å². The molecule has 1 heterocycles. The lowest BCUT2D eigenvalue weighted by Gasteiger charge is -2.32. The number of likely N-dealkylation sites (tertiary alicyclic amines) is 1. The van der Waals surface area contributed by atoms with Gasteiger partial charge in [0.1, 0.15) is 0 Å². The monoisotopic (exact) mass is 364 g/mol. The van der Waals surface area contributed by atoms with Crippen molar-refractivity contribution in [3.63, 3.8) is 0 Å². The zero-order valence-corrected chi connectivity index (χ0v) is 16.9. The minimum atomic E-state index is 0.0580. The Kier molecular flexibility index (Phi) is 6.20. The largest absolute Gasteiger partial charge is 0.376 e. The summed E-state index contributed by atoms with van der Waals surface area (Å²) in [5.74, 6) is 0.892. The van der Waals surface area contributed by atoms with Crippen LogP contribution in [0.15, 0.2) is 54.6 Å². The predicted octanol–water partition coefficient (Wildman–Crippen LogP) is 4.88. The summed E-state index contributed by atoms with van der Waals surface area (Å²) in [6, 6.07) is 19.0. The zero-order chi connectivity index (χ0) is 19.3. The van der Waals surface area contributed by atoms with Gasteiger partial charge in [-0.2, -0.15) is 0 Å². The maximum Gasteiger partial charge on any atom is 0.241 e. The van der Waals surface area contributed by atoms with Crippen molar-refractivity contribution in [2.75, 3.05) is 25.0 Å². The average Bonchev–Trinajstić information content (AvgIpc) is 2.67. The second-order valence-corrected chi connectivity index (χ2v) is 8.66. The van der Waals surface area contributed by atoms with Crippen LogP contribution in [0, 0.1) is 5.92 Å². The van der Waals surface area contributed by atoms with Crippen LogP contribution in [0.5, 0.6) is 0 Å². The Balaban J connectivity index is 1.49. The van der Waals surface area contributed by atoms with Crippen LogP contribution in [0.1, 0.15) is 44.7 Å². The molecule has 0 unspecified atom stereocenters. The van der Waals surface area contributed by atoms with Gasteiger partial charge >= 0.3 is 0 Å². The van der Waals surface area contributed by atoms with Gasteiger partial charge in [0.25, 0.3) is 0 Å². The highest BCUT2D eigenvalue weighted by Crippen LogP contribution is 2.29. The maximum atomic E-state index is 12.7. The highest BCUT2D eigenvalue weighted by atomic mass is 16.2. The van der Waals surface area contributed by atoms with E-state index in [0.29, 0.717) is 12.5 Å². The molecule has 1 N–H and O–H groups in total. The van der Waals surface area contributed by atoms with Crippen LogP contribution in [0.25, 0.3) is 0 Å². The van der Waals surface area contributed by atoms with Gasteiger partial charge < -0.3 is 10.2 Å². The summed E-state index contributed by atoms with van der Waals surface area (Å²) in [6.45, 7) is 8.72. The quantitative estimate of drug-likeness (QED) is 0.820. The van der Waals surface area contributed by atoms with E-state index in [2.05, 4.69) is 74.6 Å². The normalized spacial score (nSPS) is 15.6. The number of para-hydroxylation sites is 1. The molecule has 2 aromatic carbocycles. The van der Waals surface area contributed by atoms with Gasteiger partial charge in [0.2, 0.25) is 5.91 Å². The number of nitrogens with zero attached hydrogens (tertiary/aromatic N) is 1. The zero-order valence-electron chi connectivity index (χ0n) is 16.9. The number of carbonyl (C=O) groups excluding carboxylic acids is 1. The lowest BCUT2D eigenvalue weighted by molar-refractivity contribution is -0.130. The third-order valence-corrected chi connectivity index (χ3v) is 5.50. The van der Waals surface area contributed by atoms with Gasteiger partial charge in [-0.15, -0.1) is 0 Å². The highest BCUT2D eigenvalue weighted by Gasteiger charge is 2.23. The third-order valence-electron chi connectivity index (χ3n) is 5.50. The van der Waals surface area contributed by atoms with Gasteiger partial charge in [0, 0.05) is 18.8 Å². The predicted molar refractivity (Wildman–Crippen MR) is 113 cm³/mol. The molecule has 1 fully saturated rings. The number of hydrogen-bond donors (Lipinski definition) is 1. The van der Waals surface area contributed by atoms with Gasteiger partial charge in [0.15, 0.2) is 0 Å². The van der Waals surface area contributed by atoms with E-state index < -0.39 is 0 Å². The molecule has 0 spiro atoms. The molecule has 0 atom stereocenters.